The Hall–Kier alpha value is -3.53. The van der Waals surface area contributed by atoms with Gasteiger partial charge in [0.1, 0.15) is 5.75 Å². The highest BCUT2D eigenvalue weighted by molar-refractivity contribution is 5.66. The Bertz CT molecular complexity index is 1150. The number of aryl methyl sites for hydroxylation is 1. The van der Waals surface area contributed by atoms with Gasteiger partial charge in [-0.2, -0.15) is 0 Å². The number of hydrogen-bond acceptors (Lipinski definition) is 3. The standard InChI is InChI=1S/C29H33N3O/c1-3-4-8-19-33-26-17-13-23(14-18-26)20-27-28(25-15-11-22(2)12-16-25)32(29(30)31-27)21-24-9-6-5-7-10-24/h5-7,9-18H,3-4,8,19-21H2,1-2H3,(H2,30,31). The molecule has 0 radical (unpaired) electrons. The van der Waals surface area contributed by atoms with Crippen molar-refractivity contribution < 1.29 is 4.74 Å². The lowest BCUT2D eigenvalue weighted by Crippen LogP contribution is -2.06. The summed E-state index contributed by atoms with van der Waals surface area (Å²) in [5, 5.41) is 0. The van der Waals surface area contributed by atoms with Gasteiger partial charge in [0.15, 0.2) is 0 Å². The molecule has 0 fully saturated rings. The quantitative estimate of drug-likeness (QED) is 0.282. The smallest absolute Gasteiger partial charge is 0.201 e. The summed E-state index contributed by atoms with van der Waals surface area (Å²) in [7, 11) is 0. The van der Waals surface area contributed by atoms with Gasteiger partial charge in [-0.15, -0.1) is 0 Å². The van der Waals surface area contributed by atoms with Crippen LogP contribution in [0.3, 0.4) is 0 Å². The molecule has 170 valence electrons. The van der Waals surface area contributed by atoms with E-state index in [1.165, 1.54) is 29.5 Å². The molecule has 4 aromatic rings. The number of hydrogen-bond donors (Lipinski definition) is 1. The Labute approximate surface area is 197 Å². The first-order valence-corrected chi connectivity index (χ1v) is 11.8. The fraction of sp³-hybridized carbons (Fsp3) is 0.276. The molecule has 0 aliphatic carbocycles. The van der Waals surface area contributed by atoms with Crippen LogP contribution >= 0.6 is 0 Å². The van der Waals surface area contributed by atoms with Crippen molar-refractivity contribution >= 4 is 5.95 Å². The number of ether oxygens (including phenoxy) is 1. The van der Waals surface area contributed by atoms with E-state index in [0.717, 1.165) is 35.7 Å². The van der Waals surface area contributed by atoms with Crippen molar-refractivity contribution in [2.45, 2.75) is 46.1 Å². The van der Waals surface area contributed by atoms with Gasteiger partial charge in [-0.05, 0) is 36.6 Å². The van der Waals surface area contributed by atoms with Gasteiger partial charge in [-0.25, -0.2) is 4.98 Å². The topological polar surface area (TPSA) is 53.1 Å². The molecule has 2 N–H and O–H groups in total. The summed E-state index contributed by atoms with van der Waals surface area (Å²) in [6.07, 6.45) is 4.21. The lowest BCUT2D eigenvalue weighted by atomic mass is 10.0. The van der Waals surface area contributed by atoms with Gasteiger partial charge in [0, 0.05) is 12.0 Å². The van der Waals surface area contributed by atoms with Gasteiger partial charge in [0.05, 0.1) is 24.5 Å². The number of aromatic nitrogens is 2. The fourth-order valence-corrected chi connectivity index (χ4v) is 4.04. The van der Waals surface area contributed by atoms with Crippen molar-refractivity contribution in [1.82, 2.24) is 9.55 Å². The molecule has 3 aromatic carbocycles. The monoisotopic (exact) mass is 439 g/mol. The fourth-order valence-electron chi connectivity index (χ4n) is 4.04. The summed E-state index contributed by atoms with van der Waals surface area (Å²) in [6, 6.07) is 27.3. The van der Waals surface area contributed by atoms with Crippen LogP contribution < -0.4 is 10.5 Å². The molecule has 4 rings (SSSR count). The molecule has 0 bridgehead atoms. The third kappa shape index (κ3) is 5.83. The molecule has 4 nitrogen and oxygen atoms in total. The lowest BCUT2D eigenvalue weighted by molar-refractivity contribution is 0.306. The van der Waals surface area contributed by atoms with E-state index in [0.29, 0.717) is 18.9 Å². The maximum Gasteiger partial charge on any atom is 0.201 e. The minimum Gasteiger partial charge on any atom is -0.494 e. The van der Waals surface area contributed by atoms with Crippen LogP contribution in [0.5, 0.6) is 5.75 Å². The summed E-state index contributed by atoms with van der Waals surface area (Å²) in [5.41, 5.74) is 13.3. The van der Waals surface area contributed by atoms with Gasteiger partial charge in [-0.1, -0.05) is 92.1 Å². The molecule has 0 unspecified atom stereocenters. The third-order valence-corrected chi connectivity index (χ3v) is 5.89. The minimum atomic E-state index is 0.542. The van der Waals surface area contributed by atoms with E-state index in [2.05, 4.69) is 91.2 Å². The number of nitrogen functional groups attached to an aromatic ring is 1. The van der Waals surface area contributed by atoms with Crippen LogP contribution in [0, 0.1) is 6.92 Å². The third-order valence-electron chi connectivity index (χ3n) is 5.89. The van der Waals surface area contributed by atoms with Crippen molar-refractivity contribution in [2.24, 2.45) is 0 Å². The second kappa shape index (κ2) is 10.9. The summed E-state index contributed by atoms with van der Waals surface area (Å²) in [6.45, 7) is 5.76. The van der Waals surface area contributed by atoms with Crippen molar-refractivity contribution in [1.29, 1.82) is 0 Å². The van der Waals surface area contributed by atoms with Crippen LogP contribution in [0.4, 0.5) is 5.95 Å². The molecule has 0 saturated heterocycles. The molecule has 33 heavy (non-hydrogen) atoms. The molecule has 0 amide bonds. The van der Waals surface area contributed by atoms with Crippen LogP contribution in [0.15, 0.2) is 78.9 Å². The number of unbranched alkanes of at least 4 members (excludes halogenated alkanes) is 2. The lowest BCUT2D eigenvalue weighted by Gasteiger charge is -2.12. The first-order chi connectivity index (χ1) is 16.1. The maximum atomic E-state index is 6.45. The first-order valence-electron chi connectivity index (χ1n) is 11.8. The number of nitrogens with zero attached hydrogens (tertiary/aromatic N) is 2. The average molecular weight is 440 g/mol. The molecule has 0 spiro atoms. The number of nitrogens with two attached hydrogens (primary N) is 1. The number of rotatable bonds is 10. The van der Waals surface area contributed by atoms with E-state index in [-0.39, 0.29) is 0 Å². The van der Waals surface area contributed by atoms with E-state index < -0.39 is 0 Å². The molecular weight excluding hydrogens is 406 g/mol. The number of anilines is 1. The molecule has 0 saturated carbocycles. The van der Waals surface area contributed by atoms with Crippen LogP contribution in [0.25, 0.3) is 11.3 Å². The first kappa shape index (κ1) is 22.7. The molecule has 4 heteroatoms. The van der Waals surface area contributed by atoms with Crippen molar-refractivity contribution in [2.75, 3.05) is 12.3 Å². The van der Waals surface area contributed by atoms with Crippen LogP contribution in [-0.2, 0) is 13.0 Å². The highest BCUT2D eigenvalue weighted by atomic mass is 16.5. The maximum absolute atomic E-state index is 6.45. The predicted octanol–water partition coefficient (Wildman–Crippen LogP) is 6.65. The van der Waals surface area contributed by atoms with E-state index in [9.17, 15) is 0 Å². The average Bonchev–Trinajstić information content (AvgIpc) is 3.13. The molecular formula is C29H33N3O. The molecule has 0 aliphatic rings. The van der Waals surface area contributed by atoms with Crippen LogP contribution in [-0.4, -0.2) is 16.2 Å². The van der Waals surface area contributed by atoms with E-state index in [1.807, 2.05) is 6.07 Å². The van der Waals surface area contributed by atoms with Gasteiger partial charge in [0.2, 0.25) is 5.95 Å². The highest BCUT2D eigenvalue weighted by Crippen LogP contribution is 2.30. The van der Waals surface area contributed by atoms with Gasteiger partial charge in [0.25, 0.3) is 0 Å². The van der Waals surface area contributed by atoms with Gasteiger partial charge in [-0.3, -0.25) is 0 Å². The number of benzene rings is 3. The largest absolute Gasteiger partial charge is 0.494 e. The Morgan fingerprint density at radius 1 is 0.848 bits per heavy atom. The summed E-state index contributed by atoms with van der Waals surface area (Å²) in [4.78, 5) is 4.80. The summed E-state index contributed by atoms with van der Waals surface area (Å²) < 4.78 is 7.99. The van der Waals surface area contributed by atoms with Crippen LogP contribution in [0.2, 0.25) is 0 Å². The number of imidazole rings is 1. The van der Waals surface area contributed by atoms with Crippen LogP contribution in [0.1, 0.15) is 48.6 Å². The van der Waals surface area contributed by atoms with E-state index in [4.69, 9.17) is 15.5 Å². The predicted molar refractivity (Wildman–Crippen MR) is 137 cm³/mol. The second-order valence-electron chi connectivity index (χ2n) is 8.58. The minimum absolute atomic E-state index is 0.542. The zero-order valence-corrected chi connectivity index (χ0v) is 19.6. The second-order valence-corrected chi connectivity index (χ2v) is 8.58. The van der Waals surface area contributed by atoms with Gasteiger partial charge < -0.3 is 15.0 Å². The molecule has 1 heterocycles. The van der Waals surface area contributed by atoms with E-state index >= 15 is 0 Å². The van der Waals surface area contributed by atoms with Crippen molar-refractivity contribution in [3.05, 3.63) is 101 Å². The van der Waals surface area contributed by atoms with Gasteiger partial charge >= 0.3 is 0 Å². The van der Waals surface area contributed by atoms with Crippen molar-refractivity contribution in [3.63, 3.8) is 0 Å². The van der Waals surface area contributed by atoms with E-state index in [1.54, 1.807) is 0 Å². The molecule has 0 aliphatic heterocycles. The SMILES string of the molecule is CCCCCOc1ccc(Cc2nc(N)n(Cc3ccccc3)c2-c2ccc(C)cc2)cc1. The summed E-state index contributed by atoms with van der Waals surface area (Å²) in [5.74, 6) is 1.46. The molecule has 0 atom stereocenters. The normalized spacial score (nSPS) is 11.0. The zero-order valence-electron chi connectivity index (χ0n) is 19.6. The summed E-state index contributed by atoms with van der Waals surface area (Å²) >= 11 is 0. The van der Waals surface area contributed by atoms with Crippen molar-refractivity contribution in [3.8, 4) is 17.0 Å². The highest BCUT2D eigenvalue weighted by Gasteiger charge is 2.18. The molecule has 1 aromatic heterocycles. The Morgan fingerprint density at radius 2 is 1.58 bits per heavy atom. The Balaban J connectivity index is 1.61. The Morgan fingerprint density at radius 3 is 2.27 bits per heavy atom. The zero-order chi connectivity index (χ0) is 23.0. The Kier molecular flexibility index (Phi) is 7.46.